The minimum atomic E-state index is -0.207. The lowest BCUT2D eigenvalue weighted by atomic mass is 10.2. The fraction of sp³-hybridized carbons (Fsp3) is 0.140. The van der Waals surface area contributed by atoms with E-state index in [9.17, 15) is 44.1 Å². The lowest BCUT2D eigenvalue weighted by Crippen LogP contribution is -2.28. The highest BCUT2D eigenvalue weighted by Crippen LogP contribution is 2.28. The van der Waals surface area contributed by atoms with Crippen LogP contribution in [0.25, 0.3) is 93.0 Å². The number of rotatable bonds is 10. The second-order valence-electron chi connectivity index (χ2n) is 25.7. The van der Waals surface area contributed by atoms with Gasteiger partial charge < -0.3 is 72.8 Å². The van der Waals surface area contributed by atoms with Gasteiger partial charge in [0.05, 0.1) is 76.9 Å². The number of hydrogen-bond donors (Lipinski definition) is 9. The maximum Gasteiger partial charge on any atom is 0.273 e. The number of nitrogens with zero attached hydrogens (tertiary/aromatic N) is 7. The number of hydrogen-bond acceptors (Lipinski definition) is 17. The highest BCUT2D eigenvalue weighted by atomic mass is 32.1. The van der Waals surface area contributed by atoms with Crippen molar-refractivity contribution in [3.05, 3.63) is 338 Å². The molecule has 0 aliphatic heterocycles. The standard InChI is InChI=1S/C17H16N2OS.C16H16N4O.C16H15N3OS.C12H14N2OS.2C12H11NO3S.CH4/c1-11-9-14(10-16-17(20)18-13(3)21-16)12(2)19(11)15-7-5-4-6-8-15;1-10-7-13(8-15-16(21)19-12(3)18-15)11(2)20(10)14-5-4-6-17-9-14;1-10-7-13(8-15-16(20)18-12(3)21-15)11(2)19(10)14-5-4-6-17-9-14;1-7-5-10(8(2)14(7)4)6-11-12(15)13-9(3)16-11;1-7-13-12(15)11(17-7)6-8-3-4-10(16-2)9(14)5-8;1-7-13(2)12(16)11(17-7)6-8-3-4-9(14)10(15)5-8;/h4-10H,3H2,1-2H3,(H,18,20);4-9,18H,3H2,1-2H3,(H,19,21);4-9H,3H2,1-2H3,(H,18,20);5-6H,3H2,1-2,4H3,(H,13,15);3-6,14H,1H2,2H3,(H,13,15);3-6,14-15H,1H2,2H3;1H4/b16-10+;2*15-8+;3*11-6+;. The van der Waals surface area contributed by atoms with E-state index in [0.29, 0.717) is 68.1 Å². The average Bonchev–Trinajstić information content (AvgIpc) is 1.66. The second kappa shape index (κ2) is 37.3. The zero-order chi connectivity index (χ0) is 81.8. The number of nitrogens with one attached hydrogen (secondary N) is 6. The van der Waals surface area contributed by atoms with Gasteiger partial charge in [0.25, 0.3) is 33.4 Å². The Morgan fingerprint density at radius 3 is 1.15 bits per heavy atom. The van der Waals surface area contributed by atoms with Gasteiger partial charge in [-0.05, 0) is 210 Å². The first-order valence-electron chi connectivity index (χ1n) is 34.7. The van der Waals surface area contributed by atoms with E-state index in [-0.39, 0.29) is 58.0 Å². The molecule has 0 atom stereocenters. The molecule has 28 heteroatoms. The summed E-state index contributed by atoms with van der Waals surface area (Å²) >= 11 is 6.71. The number of imidazole rings is 1. The number of phenols is 3. The van der Waals surface area contributed by atoms with E-state index in [2.05, 4.69) is 149 Å². The van der Waals surface area contributed by atoms with Crippen LogP contribution in [0, 0.1) is 55.4 Å². The molecule has 0 aliphatic carbocycles. The molecule has 15 aromatic rings. The number of aromatic amines is 6. The molecule has 0 saturated heterocycles. The van der Waals surface area contributed by atoms with Gasteiger partial charge in [-0.25, -0.2) is 0 Å². The number of ether oxygens (including phenoxy) is 1. The number of pyridine rings is 2. The molecule has 0 amide bonds. The van der Waals surface area contributed by atoms with Crippen molar-refractivity contribution in [3.63, 3.8) is 0 Å². The molecule has 0 bridgehead atoms. The Morgan fingerprint density at radius 1 is 0.395 bits per heavy atom. The number of H-pyrrole nitrogens is 6. The highest BCUT2D eigenvalue weighted by molar-refractivity contribution is 7.08. The van der Waals surface area contributed by atoms with Gasteiger partial charge in [0.15, 0.2) is 23.0 Å². The van der Waals surface area contributed by atoms with Crippen LogP contribution in [0.4, 0.5) is 0 Å². The zero-order valence-electron chi connectivity index (χ0n) is 63.9. The summed E-state index contributed by atoms with van der Waals surface area (Å²) in [5.41, 5.74) is 17.5. The van der Waals surface area contributed by atoms with Crippen molar-refractivity contribution >= 4 is 133 Å². The first kappa shape index (κ1) is 84.9. The molecule has 0 aliphatic rings. The van der Waals surface area contributed by atoms with E-state index in [1.54, 1.807) is 55.9 Å². The Bertz CT molecular complexity index is 6780. The lowest BCUT2D eigenvalue weighted by molar-refractivity contribution is 0.373. The Labute approximate surface area is 672 Å². The third-order valence-electron chi connectivity index (χ3n) is 17.8. The number of thiazole rings is 5. The third-order valence-corrected chi connectivity index (χ3v) is 22.3. The molecule has 23 nitrogen and oxygen atoms in total. The molecule has 12 heterocycles. The number of aryl methyl sites for hydroxylation is 4. The molecule has 3 aromatic carbocycles. The maximum atomic E-state index is 11.8. The summed E-state index contributed by atoms with van der Waals surface area (Å²) in [6, 6.07) is 35.7. The van der Waals surface area contributed by atoms with Crippen LogP contribution in [0.3, 0.4) is 0 Å². The molecule has 0 radical (unpaired) electrons. The van der Waals surface area contributed by atoms with Crippen molar-refractivity contribution in [1.29, 1.82) is 0 Å². The molecular weight excluding hydrogens is 1540 g/mol. The van der Waals surface area contributed by atoms with E-state index in [1.807, 2.05) is 127 Å². The number of phenolic OH excluding ortho intramolecular Hbond substituents is 3. The Kier molecular flexibility index (Phi) is 27.8. The normalized spacial score (nSPS) is 11.9. The molecule has 12 aromatic heterocycles. The predicted octanol–water partition coefficient (Wildman–Crippen LogP) is 6.06. The van der Waals surface area contributed by atoms with Crippen molar-refractivity contribution in [2.45, 2.75) is 62.8 Å². The first-order chi connectivity index (χ1) is 53.7. The van der Waals surface area contributed by atoms with Gasteiger partial charge in [0, 0.05) is 77.7 Å². The van der Waals surface area contributed by atoms with Crippen LogP contribution < -0.4 is 94.9 Å². The van der Waals surface area contributed by atoms with Crippen molar-refractivity contribution in [2.75, 3.05) is 7.11 Å². The molecule has 586 valence electrons. The van der Waals surface area contributed by atoms with Crippen molar-refractivity contribution in [3.8, 4) is 40.1 Å². The number of methoxy groups -OCH3 is 1. The summed E-state index contributed by atoms with van der Waals surface area (Å²) in [5, 5.41) is 28.6. The monoisotopic (exact) mass is 1620 g/mol. The van der Waals surface area contributed by atoms with Gasteiger partial charge in [-0.15, -0.1) is 56.7 Å². The van der Waals surface area contributed by atoms with E-state index in [4.69, 9.17) is 4.74 Å². The van der Waals surface area contributed by atoms with Crippen LogP contribution >= 0.6 is 56.7 Å². The molecule has 0 fully saturated rings. The van der Waals surface area contributed by atoms with Crippen LogP contribution in [-0.2, 0) is 14.1 Å². The molecule has 114 heavy (non-hydrogen) atoms. The van der Waals surface area contributed by atoms with Crippen molar-refractivity contribution in [2.24, 2.45) is 14.1 Å². The number of aromatic nitrogens is 13. The SMILES string of the molecule is C.C=c1[nH]c(=O)/c(=C\c2cc(C)n(-c3ccccc3)c2C)s1.C=c1[nH]c(=O)/c(=C\c2cc(C)n(-c3cccnc3)c2C)[nH]1.C=c1[nH]c(=O)/c(=C\c2cc(C)n(-c3cccnc3)c2C)s1.C=c1[nH]c(=O)/c(=C\c2cc(C)n(C)c2C)s1.C=c1[nH]c(=O)/c(=C\c2ccc(OC)c(O)c2)s1.C=c1s/c(=C/c2ccc(O)c(O)c2)c(=O)n1C. The summed E-state index contributed by atoms with van der Waals surface area (Å²) in [7, 11) is 5.16. The van der Waals surface area contributed by atoms with E-state index < -0.39 is 0 Å². The Hall–Kier alpha value is -13.1. The molecular formula is C86H87N13O10S5. The smallest absolute Gasteiger partial charge is 0.273 e. The molecule has 9 N–H and O–H groups in total. The fourth-order valence-corrected chi connectivity index (χ4v) is 15.9. The lowest BCUT2D eigenvalue weighted by Gasteiger charge is -2.08. The Balaban J connectivity index is 0.000000157. The summed E-state index contributed by atoms with van der Waals surface area (Å²) in [4.78, 5) is 94.6. The summed E-state index contributed by atoms with van der Waals surface area (Å²) in [6.07, 6.45) is 18.1. The van der Waals surface area contributed by atoms with Crippen LogP contribution in [0.15, 0.2) is 169 Å². The van der Waals surface area contributed by atoms with Gasteiger partial charge in [-0.1, -0.05) is 77.2 Å². The van der Waals surface area contributed by atoms with Gasteiger partial charge in [0.2, 0.25) is 0 Å². The van der Waals surface area contributed by atoms with Crippen LogP contribution in [0.1, 0.15) is 86.4 Å². The summed E-state index contributed by atoms with van der Waals surface area (Å²) in [6.45, 7) is 38.7. The maximum absolute atomic E-state index is 11.8. The number of benzene rings is 3. The van der Waals surface area contributed by atoms with Gasteiger partial charge in [-0.3, -0.25) is 38.7 Å². The van der Waals surface area contributed by atoms with E-state index in [0.717, 1.165) is 84.7 Å². The average molecular weight is 1620 g/mol. The van der Waals surface area contributed by atoms with Crippen LogP contribution in [-0.4, -0.2) is 85.1 Å². The van der Waals surface area contributed by atoms with E-state index >= 15 is 0 Å². The molecule has 0 unspecified atom stereocenters. The van der Waals surface area contributed by atoms with Crippen LogP contribution in [0.5, 0.6) is 23.0 Å². The Morgan fingerprint density at radius 2 is 0.789 bits per heavy atom. The van der Waals surface area contributed by atoms with Crippen molar-refractivity contribution in [1.82, 2.24) is 62.7 Å². The first-order valence-corrected chi connectivity index (χ1v) is 38.7. The molecule has 15 rings (SSSR count). The number of para-hydroxylation sites is 1. The minimum absolute atomic E-state index is 0. The van der Waals surface area contributed by atoms with E-state index in [1.165, 1.54) is 86.2 Å². The summed E-state index contributed by atoms with van der Waals surface area (Å²) in [5.74, 6) is 0.0604. The fourth-order valence-electron chi connectivity index (χ4n) is 12.0. The summed E-state index contributed by atoms with van der Waals surface area (Å²) < 4.78 is 21.5. The minimum Gasteiger partial charge on any atom is -0.504 e. The van der Waals surface area contributed by atoms with Gasteiger partial charge in [0.1, 0.15) is 10.8 Å². The quantitative estimate of drug-likeness (QED) is 0.0706. The highest BCUT2D eigenvalue weighted by Gasteiger charge is 2.14. The van der Waals surface area contributed by atoms with Crippen molar-refractivity contribution < 1.29 is 20.1 Å². The topological polar surface area (TPSA) is 318 Å². The second-order valence-corrected chi connectivity index (χ2v) is 31.4. The number of aromatic hydroxyl groups is 3. The molecule has 0 spiro atoms. The van der Waals surface area contributed by atoms with Gasteiger partial charge in [-0.2, -0.15) is 0 Å². The third kappa shape index (κ3) is 20.5. The predicted molar refractivity (Wildman–Crippen MR) is 468 cm³/mol. The largest absolute Gasteiger partial charge is 0.504 e. The van der Waals surface area contributed by atoms with Crippen LogP contribution in [0.2, 0.25) is 0 Å². The zero-order valence-corrected chi connectivity index (χ0v) is 67.9. The van der Waals surface area contributed by atoms with Gasteiger partial charge >= 0.3 is 0 Å². The molecule has 0 saturated carbocycles.